The third-order valence-corrected chi connectivity index (χ3v) is 12.7. The van der Waals surface area contributed by atoms with E-state index in [0.29, 0.717) is 18.7 Å². The van der Waals surface area contributed by atoms with E-state index in [-0.39, 0.29) is 78.9 Å². The maximum Gasteiger partial charge on any atom is 0.387 e. The van der Waals surface area contributed by atoms with Gasteiger partial charge in [-0.25, -0.2) is 32.0 Å². The lowest BCUT2D eigenvalue weighted by Gasteiger charge is -2.36. The van der Waals surface area contributed by atoms with Crippen LogP contribution in [0.5, 0.6) is 11.5 Å². The van der Waals surface area contributed by atoms with Gasteiger partial charge in [-0.1, -0.05) is 6.07 Å². The zero-order chi connectivity index (χ0) is 40.4. The molecule has 1 unspecified atom stereocenters. The number of hydrogen-bond donors (Lipinski definition) is 2. The quantitative estimate of drug-likeness (QED) is 0.169. The first-order chi connectivity index (χ1) is 27.3. The molecule has 7 rings (SSSR count). The fourth-order valence-corrected chi connectivity index (χ4v) is 9.06. The molecule has 0 aliphatic carbocycles. The van der Waals surface area contributed by atoms with E-state index in [1.807, 2.05) is 26.1 Å². The number of rotatable bonds is 13. The van der Waals surface area contributed by atoms with Crippen LogP contribution in [0.1, 0.15) is 62.5 Å². The Labute approximate surface area is 326 Å². The van der Waals surface area contributed by atoms with Crippen molar-refractivity contribution in [2.75, 3.05) is 49.5 Å². The molecule has 3 aliphatic heterocycles. The fourth-order valence-electron chi connectivity index (χ4n) is 7.57. The van der Waals surface area contributed by atoms with Gasteiger partial charge in [0, 0.05) is 56.6 Å². The summed E-state index contributed by atoms with van der Waals surface area (Å²) in [6.07, 6.45) is 2.02. The van der Waals surface area contributed by atoms with Gasteiger partial charge in [0.2, 0.25) is 21.9 Å². The van der Waals surface area contributed by atoms with Crippen LogP contribution in [-0.2, 0) is 21.9 Å². The first-order valence-corrected chi connectivity index (χ1v) is 20.1. The minimum absolute atomic E-state index is 0.0711. The first-order valence-electron chi connectivity index (χ1n) is 18.7. The molecule has 1 atom stereocenters. The Morgan fingerprint density at radius 3 is 2.33 bits per heavy atom. The van der Waals surface area contributed by atoms with Crippen LogP contribution >= 0.6 is 0 Å². The topological polar surface area (TPSA) is 164 Å². The van der Waals surface area contributed by atoms with Crippen molar-refractivity contribution in [3.8, 4) is 11.5 Å². The minimum Gasteiger partial charge on any atom is -0.491 e. The Bertz CT molecular complexity index is 2200. The summed E-state index contributed by atoms with van der Waals surface area (Å²) in [6, 6.07) is 8.72. The molecule has 57 heavy (non-hydrogen) atoms. The minimum atomic E-state index is -4.04. The molecule has 5 heterocycles. The molecular formula is C37H43F4N9O6S. The normalized spacial score (nSPS) is 18.7. The van der Waals surface area contributed by atoms with Crippen LogP contribution in [0.4, 0.5) is 34.1 Å². The van der Waals surface area contributed by atoms with Crippen LogP contribution in [0.25, 0.3) is 10.9 Å². The smallest absolute Gasteiger partial charge is 0.387 e. The number of fused-ring (bicyclic) bond motifs is 1. The number of amides is 3. The zero-order valence-corrected chi connectivity index (χ0v) is 32.1. The predicted molar refractivity (Wildman–Crippen MR) is 200 cm³/mol. The van der Waals surface area contributed by atoms with E-state index in [9.17, 15) is 35.6 Å². The third-order valence-electron chi connectivity index (χ3n) is 10.8. The standard InChI is InChI=1S/C37H43F4N9O6S/c1-22(48-12-7-23(8-13-48)24-3-5-28-30(17-24)47(2)46-34(28)50-16-11-32(51)45-37(50)52)21-55-31-18-27(4-6-29(31)33(38)39)57(53,54)49-14-9-25(10-15-49)44-36-42-19-26(20-43-36)56-35(40)41/h3-6,17-20,22-23,25,33,35H,7-16,21H2,1-2H3,(H,42,43,44)(H,45,51,52). The van der Waals surface area contributed by atoms with E-state index in [1.165, 1.54) is 21.3 Å². The van der Waals surface area contributed by atoms with Crippen LogP contribution in [0, 0.1) is 0 Å². The number of alkyl halides is 4. The number of imide groups is 1. The van der Waals surface area contributed by atoms with Crippen molar-refractivity contribution in [2.45, 2.75) is 75.0 Å². The highest BCUT2D eigenvalue weighted by atomic mass is 32.2. The summed E-state index contributed by atoms with van der Waals surface area (Å²) >= 11 is 0. The number of anilines is 2. The van der Waals surface area contributed by atoms with Gasteiger partial charge in [-0.2, -0.15) is 18.2 Å². The maximum absolute atomic E-state index is 14.1. The molecule has 2 aromatic carbocycles. The highest BCUT2D eigenvalue weighted by Crippen LogP contribution is 2.36. The van der Waals surface area contributed by atoms with Gasteiger partial charge in [0.05, 0.1) is 28.4 Å². The second kappa shape index (κ2) is 16.8. The van der Waals surface area contributed by atoms with Gasteiger partial charge < -0.3 is 14.8 Å². The number of sulfonamides is 1. The largest absolute Gasteiger partial charge is 0.491 e. The van der Waals surface area contributed by atoms with Crippen molar-refractivity contribution in [3.05, 3.63) is 59.9 Å². The van der Waals surface area contributed by atoms with Gasteiger partial charge in [-0.15, -0.1) is 0 Å². The summed E-state index contributed by atoms with van der Waals surface area (Å²) in [5.74, 6) is 0.272. The summed E-state index contributed by atoms with van der Waals surface area (Å²) < 4.78 is 93.5. The van der Waals surface area contributed by atoms with E-state index in [4.69, 9.17) is 4.74 Å². The number of piperidine rings is 2. The fraction of sp³-hybridized carbons (Fsp3) is 0.486. The molecule has 306 valence electrons. The van der Waals surface area contributed by atoms with E-state index < -0.39 is 34.7 Å². The molecule has 4 aromatic rings. The third kappa shape index (κ3) is 8.91. The maximum atomic E-state index is 14.1. The number of hydrogen-bond acceptors (Lipinski definition) is 11. The summed E-state index contributed by atoms with van der Waals surface area (Å²) in [6.45, 7) is 1.03. The summed E-state index contributed by atoms with van der Waals surface area (Å²) in [7, 11) is -2.23. The first kappa shape index (κ1) is 40.1. The summed E-state index contributed by atoms with van der Waals surface area (Å²) in [4.78, 5) is 35.6. The van der Waals surface area contributed by atoms with E-state index in [0.717, 1.165) is 60.9 Å². The molecular weight excluding hydrogens is 775 g/mol. The predicted octanol–water partition coefficient (Wildman–Crippen LogP) is 5.26. The van der Waals surface area contributed by atoms with Gasteiger partial charge in [0.25, 0.3) is 6.43 Å². The van der Waals surface area contributed by atoms with E-state index >= 15 is 0 Å². The number of carbonyl (C=O) groups is 2. The van der Waals surface area contributed by atoms with Gasteiger partial charge in [0.1, 0.15) is 12.4 Å². The monoisotopic (exact) mass is 817 g/mol. The van der Waals surface area contributed by atoms with Crippen LogP contribution in [0.2, 0.25) is 0 Å². The number of likely N-dealkylation sites (tertiary alicyclic amines) is 1. The summed E-state index contributed by atoms with van der Waals surface area (Å²) in [5, 5.41) is 10.8. The Kier molecular flexibility index (Phi) is 11.8. The van der Waals surface area contributed by atoms with Crippen LogP contribution in [-0.4, -0.2) is 107 Å². The number of urea groups is 1. The second-order valence-electron chi connectivity index (χ2n) is 14.4. The van der Waals surface area contributed by atoms with Gasteiger partial charge in [0.15, 0.2) is 11.6 Å². The molecule has 3 aliphatic rings. The van der Waals surface area contributed by atoms with Gasteiger partial charge in [-0.05, 0) is 81.4 Å². The molecule has 0 radical (unpaired) electrons. The van der Waals surface area contributed by atoms with Crippen molar-refractivity contribution in [1.29, 1.82) is 0 Å². The molecule has 3 fully saturated rings. The number of ether oxygens (including phenoxy) is 2. The van der Waals surface area contributed by atoms with Crippen molar-refractivity contribution >= 4 is 44.6 Å². The SMILES string of the molecule is CC(COc1cc(S(=O)(=O)N2CCC(Nc3ncc(OC(F)F)cn3)CC2)ccc1C(F)F)N1CCC(c2ccc3c(N4CCC(=O)NC4=O)nn(C)c3c2)CC1. The second-order valence-corrected chi connectivity index (χ2v) is 16.3. The van der Waals surface area contributed by atoms with Crippen LogP contribution < -0.4 is 25.0 Å². The lowest BCUT2D eigenvalue weighted by Crippen LogP contribution is -2.49. The number of benzene rings is 2. The highest BCUT2D eigenvalue weighted by molar-refractivity contribution is 7.89. The Morgan fingerprint density at radius 1 is 0.947 bits per heavy atom. The van der Waals surface area contributed by atoms with Crippen molar-refractivity contribution in [3.63, 3.8) is 0 Å². The number of nitrogens with one attached hydrogen (secondary N) is 2. The number of nitrogens with zero attached hydrogens (tertiary/aromatic N) is 7. The Morgan fingerprint density at radius 2 is 1.67 bits per heavy atom. The summed E-state index contributed by atoms with van der Waals surface area (Å²) in [5.41, 5.74) is 1.62. The number of aromatic nitrogens is 4. The average molecular weight is 818 g/mol. The molecule has 2 aromatic heterocycles. The van der Waals surface area contributed by atoms with Crippen LogP contribution in [0.3, 0.4) is 0 Å². The number of carbonyl (C=O) groups excluding carboxylic acids is 2. The Hall–Kier alpha value is -5.08. The van der Waals surface area contributed by atoms with Crippen molar-refractivity contribution in [2.24, 2.45) is 7.05 Å². The molecule has 0 spiro atoms. The van der Waals surface area contributed by atoms with E-state index in [1.54, 1.807) is 4.68 Å². The van der Waals surface area contributed by atoms with E-state index in [2.05, 4.69) is 41.4 Å². The highest BCUT2D eigenvalue weighted by Gasteiger charge is 2.32. The van der Waals surface area contributed by atoms with Crippen molar-refractivity contribution < 1.29 is 45.0 Å². The molecule has 3 amide bonds. The molecule has 2 N–H and O–H groups in total. The Balaban J connectivity index is 0.936. The molecule has 0 saturated carbocycles. The lowest BCUT2D eigenvalue weighted by atomic mass is 9.88. The number of aryl methyl sites for hydroxylation is 1. The van der Waals surface area contributed by atoms with Crippen LogP contribution in [0.15, 0.2) is 53.7 Å². The molecule has 3 saturated heterocycles. The zero-order valence-electron chi connectivity index (χ0n) is 31.3. The van der Waals surface area contributed by atoms with Gasteiger partial charge in [-0.3, -0.25) is 24.6 Å². The average Bonchev–Trinajstić information content (AvgIpc) is 3.52. The molecule has 0 bridgehead atoms. The number of halogens is 4. The van der Waals surface area contributed by atoms with Crippen molar-refractivity contribution in [1.82, 2.24) is 34.3 Å². The van der Waals surface area contributed by atoms with Gasteiger partial charge >= 0.3 is 12.6 Å². The lowest BCUT2D eigenvalue weighted by molar-refractivity contribution is -0.120. The molecule has 15 nitrogen and oxygen atoms in total. The molecule has 20 heteroatoms.